The minimum absolute atomic E-state index is 0.233. The van der Waals surface area contributed by atoms with Gasteiger partial charge in [-0.15, -0.1) is 0 Å². The van der Waals surface area contributed by atoms with Crippen molar-refractivity contribution in [2.45, 2.75) is 19.3 Å². The zero-order valence-corrected chi connectivity index (χ0v) is 32.9. The highest BCUT2D eigenvalue weighted by Crippen LogP contribution is 2.55. The minimum atomic E-state index is -0.233. The lowest BCUT2D eigenvalue weighted by Crippen LogP contribution is -2.16. The molecule has 1 heterocycles. The number of hydrogen-bond acceptors (Lipinski definition) is 3. The Morgan fingerprint density at radius 2 is 0.678 bits per heavy atom. The number of rotatable bonds is 6. The lowest BCUT2D eigenvalue weighted by molar-refractivity contribution is 0.662. The van der Waals surface area contributed by atoms with Crippen LogP contribution >= 0.6 is 0 Å². The van der Waals surface area contributed by atoms with E-state index in [2.05, 4.69) is 202 Å². The monoisotopic (exact) mass is 753 g/mol. The molecular formula is C56H39N3. The van der Waals surface area contributed by atoms with E-state index < -0.39 is 0 Å². The predicted molar refractivity (Wildman–Crippen MR) is 245 cm³/mol. The molecule has 10 aromatic rings. The molecule has 0 bridgehead atoms. The maximum Gasteiger partial charge on any atom is 0.165 e. The van der Waals surface area contributed by atoms with E-state index in [1.165, 1.54) is 55.1 Å². The van der Waals surface area contributed by atoms with Crippen LogP contribution in [0.5, 0.6) is 0 Å². The fourth-order valence-corrected chi connectivity index (χ4v) is 9.34. The third-order valence-corrected chi connectivity index (χ3v) is 12.1. The summed E-state index contributed by atoms with van der Waals surface area (Å²) in [6.07, 6.45) is 0. The number of hydrogen-bond donors (Lipinski definition) is 0. The summed E-state index contributed by atoms with van der Waals surface area (Å²) in [6, 6.07) is 71.3. The van der Waals surface area contributed by atoms with E-state index in [9.17, 15) is 0 Å². The van der Waals surface area contributed by atoms with E-state index in [4.69, 9.17) is 15.0 Å². The first-order valence-corrected chi connectivity index (χ1v) is 20.3. The van der Waals surface area contributed by atoms with E-state index in [0.717, 1.165) is 38.8 Å². The van der Waals surface area contributed by atoms with Crippen LogP contribution in [-0.2, 0) is 5.41 Å². The summed E-state index contributed by atoms with van der Waals surface area (Å²) in [5.41, 5.74) is 14.8. The van der Waals surface area contributed by atoms with Gasteiger partial charge < -0.3 is 0 Å². The fraction of sp³-hybridized carbons (Fsp3) is 0.0536. The smallest absolute Gasteiger partial charge is 0.165 e. The van der Waals surface area contributed by atoms with Crippen LogP contribution in [0.25, 0.3) is 100 Å². The van der Waals surface area contributed by atoms with E-state index in [1.807, 2.05) is 12.1 Å². The van der Waals surface area contributed by atoms with Crippen molar-refractivity contribution >= 4 is 21.5 Å². The summed E-state index contributed by atoms with van der Waals surface area (Å²) in [5.74, 6) is 1.91. The zero-order valence-electron chi connectivity index (χ0n) is 32.9. The van der Waals surface area contributed by atoms with Crippen molar-refractivity contribution in [2.75, 3.05) is 0 Å². The maximum absolute atomic E-state index is 5.46. The van der Waals surface area contributed by atoms with Crippen LogP contribution in [0.15, 0.2) is 200 Å². The molecule has 0 atom stereocenters. The van der Waals surface area contributed by atoms with Crippen molar-refractivity contribution in [1.82, 2.24) is 15.0 Å². The number of fused-ring (bicyclic) bond motifs is 6. The van der Waals surface area contributed by atoms with Gasteiger partial charge in [0, 0.05) is 27.7 Å². The van der Waals surface area contributed by atoms with Gasteiger partial charge in [-0.1, -0.05) is 214 Å². The molecule has 1 aliphatic rings. The van der Waals surface area contributed by atoms with Crippen molar-refractivity contribution in [2.24, 2.45) is 0 Å². The van der Waals surface area contributed by atoms with Gasteiger partial charge in [-0.05, 0) is 71.6 Å². The molecule has 3 nitrogen and oxygen atoms in total. The molecule has 59 heavy (non-hydrogen) atoms. The second kappa shape index (κ2) is 13.9. The standard InChI is InChI=1S/C56H39N3/c1-56(2)49-27-14-13-22-44(49)47-25-15-26-48(52(47)56)50-45-23-11-9-20-42(45)43-21-10-12-24-46(43)51(50)55-58-53(40-32-28-38(29-33-40)36-16-5-3-6-17-36)57-54(59-55)41-34-30-39(31-35-41)37-18-7-4-8-19-37/h3-35H,1-2H3. The van der Waals surface area contributed by atoms with Crippen molar-refractivity contribution < 1.29 is 0 Å². The van der Waals surface area contributed by atoms with Gasteiger partial charge in [0.25, 0.3) is 0 Å². The van der Waals surface area contributed by atoms with Gasteiger partial charge in [-0.3, -0.25) is 0 Å². The van der Waals surface area contributed by atoms with E-state index in [0.29, 0.717) is 17.5 Å². The van der Waals surface area contributed by atoms with E-state index in [1.54, 1.807) is 0 Å². The van der Waals surface area contributed by atoms with Crippen LogP contribution < -0.4 is 0 Å². The molecule has 0 aliphatic heterocycles. The molecule has 0 saturated carbocycles. The average Bonchev–Trinajstić information content (AvgIpc) is 3.55. The highest BCUT2D eigenvalue weighted by Gasteiger charge is 2.38. The summed E-state index contributed by atoms with van der Waals surface area (Å²) in [6.45, 7) is 4.73. The quantitative estimate of drug-likeness (QED) is 0.159. The third kappa shape index (κ3) is 5.77. The van der Waals surface area contributed by atoms with Crippen LogP contribution in [0.4, 0.5) is 0 Å². The molecule has 0 saturated heterocycles. The summed E-state index contributed by atoms with van der Waals surface area (Å²) < 4.78 is 0. The van der Waals surface area contributed by atoms with Crippen molar-refractivity contribution in [1.29, 1.82) is 0 Å². The Labute approximate surface area is 344 Å². The number of benzene rings is 9. The Hall–Kier alpha value is -7.49. The molecule has 278 valence electrons. The Morgan fingerprint density at radius 3 is 1.24 bits per heavy atom. The van der Waals surface area contributed by atoms with E-state index in [-0.39, 0.29) is 5.41 Å². The SMILES string of the molecule is CC1(C)c2ccccc2-c2cccc(-c3c(-c4nc(-c5ccc(-c6ccccc6)cc5)nc(-c5ccc(-c6ccccc6)cc5)n4)c4ccccc4c4ccccc34)c21. The average molecular weight is 754 g/mol. The molecule has 1 aliphatic carbocycles. The molecule has 0 amide bonds. The van der Waals surface area contributed by atoms with Gasteiger partial charge in [0.05, 0.1) is 0 Å². The molecule has 0 fully saturated rings. The van der Waals surface area contributed by atoms with Gasteiger partial charge in [-0.25, -0.2) is 15.0 Å². The maximum atomic E-state index is 5.46. The van der Waals surface area contributed by atoms with Crippen LogP contribution in [0.3, 0.4) is 0 Å². The zero-order chi connectivity index (χ0) is 39.5. The molecule has 11 rings (SSSR count). The lowest BCUT2D eigenvalue weighted by atomic mass is 9.76. The van der Waals surface area contributed by atoms with Gasteiger partial charge in [0.1, 0.15) is 0 Å². The first-order valence-electron chi connectivity index (χ1n) is 20.3. The molecule has 0 spiro atoms. The minimum Gasteiger partial charge on any atom is -0.208 e. The van der Waals surface area contributed by atoms with E-state index >= 15 is 0 Å². The van der Waals surface area contributed by atoms with Crippen molar-refractivity contribution in [3.05, 3.63) is 211 Å². The van der Waals surface area contributed by atoms with Gasteiger partial charge in [0.2, 0.25) is 0 Å². The second-order valence-corrected chi connectivity index (χ2v) is 15.9. The van der Waals surface area contributed by atoms with Crippen LogP contribution in [0.2, 0.25) is 0 Å². The topological polar surface area (TPSA) is 38.7 Å². The third-order valence-electron chi connectivity index (χ3n) is 12.1. The first-order chi connectivity index (χ1) is 29.0. The van der Waals surface area contributed by atoms with Gasteiger partial charge in [-0.2, -0.15) is 0 Å². The summed E-state index contributed by atoms with van der Waals surface area (Å²) in [5, 5.41) is 4.65. The summed E-state index contributed by atoms with van der Waals surface area (Å²) >= 11 is 0. The normalized spacial score (nSPS) is 12.7. The highest BCUT2D eigenvalue weighted by molar-refractivity contribution is 6.21. The number of aromatic nitrogens is 3. The van der Waals surface area contributed by atoms with Gasteiger partial charge >= 0.3 is 0 Å². The second-order valence-electron chi connectivity index (χ2n) is 15.9. The molecule has 0 unspecified atom stereocenters. The van der Waals surface area contributed by atoms with Crippen LogP contribution in [0.1, 0.15) is 25.0 Å². The van der Waals surface area contributed by atoms with Crippen LogP contribution in [-0.4, -0.2) is 15.0 Å². The largest absolute Gasteiger partial charge is 0.208 e. The summed E-state index contributed by atoms with van der Waals surface area (Å²) in [7, 11) is 0. The molecule has 9 aromatic carbocycles. The fourth-order valence-electron chi connectivity index (χ4n) is 9.34. The lowest BCUT2D eigenvalue weighted by Gasteiger charge is -2.26. The molecular weight excluding hydrogens is 715 g/mol. The molecule has 1 aromatic heterocycles. The van der Waals surface area contributed by atoms with Crippen LogP contribution in [0, 0.1) is 0 Å². The van der Waals surface area contributed by atoms with Crippen molar-refractivity contribution in [3.8, 4) is 78.7 Å². The molecule has 3 heteroatoms. The highest BCUT2D eigenvalue weighted by atomic mass is 15.0. The summed E-state index contributed by atoms with van der Waals surface area (Å²) in [4.78, 5) is 16.1. The Morgan fingerprint density at radius 1 is 0.288 bits per heavy atom. The first kappa shape index (κ1) is 34.7. The predicted octanol–water partition coefficient (Wildman–Crippen LogP) is 14.5. The number of nitrogens with zero attached hydrogens (tertiary/aromatic N) is 3. The Kier molecular flexibility index (Phi) is 8.16. The molecule has 0 radical (unpaired) electrons. The Bertz CT molecular complexity index is 3100. The molecule has 0 N–H and O–H groups in total. The van der Waals surface area contributed by atoms with Gasteiger partial charge in [0.15, 0.2) is 17.5 Å². The van der Waals surface area contributed by atoms with Crippen molar-refractivity contribution in [3.63, 3.8) is 0 Å². The Balaban J connectivity index is 1.20.